The van der Waals surface area contributed by atoms with Crippen molar-refractivity contribution in [3.63, 3.8) is 0 Å². The molecular weight excluding hydrogens is 296 g/mol. The van der Waals surface area contributed by atoms with Gasteiger partial charge >= 0.3 is 5.97 Å². The van der Waals surface area contributed by atoms with Gasteiger partial charge in [0.25, 0.3) is 0 Å². The molecule has 1 unspecified atom stereocenters. The predicted molar refractivity (Wildman–Crippen MR) is 85.8 cm³/mol. The summed E-state index contributed by atoms with van der Waals surface area (Å²) in [5.41, 5.74) is 2.05. The molecule has 6 nitrogen and oxygen atoms in total. The molecule has 1 heterocycles. The highest BCUT2D eigenvalue weighted by Crippen LogP contribution is 2.16. The number of methoxy groups -OCH3 is 1. The number of carbonyl (C=O) groups is 2. The third-order valence-electron chi connectivity index (χ3n) is 4.14. The topological polar surface area (TPSA) is 78.9 Å². The van der Waals surface area contributed by atoms with Gasteiger partial charge < -0.3 is 15.2 Å². The summed E-state index contributed by atoms with van der Waals surface area (Å²) in [6, 6.07) is 7.23. The second-order valence-electron chi connectivity index (χ2n) is 5.80. The average Bonchev–Trinajstić information content (AvgIpc) is 2.54. The number of carbonyl (C=O) groups excluding carboxylic acids is 1. The van der Waals surface area contributed by atoms with Gasteiger partial charge in [0.2, 0.25) is 5.91 Å². The number of piperidine rings is 1. The van der Waals surface area contributed by atoms with Crippen molar-refractivity contribution in [1.82, 2.24) is 10.2 Å². The largest absolute Gasteiger partial charge is 0.480 e. The van der Waals surface area contributed by atoms with Crippen LogP contribution in [-0.4, -0.2) is 48.1 Å². The van der Waals surface area contributed by atoms with E-state index in [2.05, 4.69) is 5.32 Å². The highest BCUT2D eigenvalue weighted by Gasteiger charge is 2.29. The summed E-state index contributed by atoms with van der Waals surface area (Å²) in [5.74, 6) is -0.992. The van der Waals surface area contributed by atoms with Gasteiger partial charge in [0.05, 0.1) is 13.2 Å². The second-order valence-corrected chi connectivity index (χ2v) is 5.80. The number of benzene rings is 1. The van der Waals surface area contributed by atoms with Gasteiger partial charge in [0.15, 0.2) is 0 Å². The minimum Gasteiger partial charge on any atom is -0.480 e. The molecule has 126 valence electrons. The Morgan fingerprint density at radius 2 is 2.04 bits per heavy atom. The molecule has 2 N–H and O–H groups in total. The molecule has 1 aromatic rings. The number of hydrogen-bond donors (Lipinski definition) is 2. The van der Waals surface area contributed by atoms with E-state index in [1.807, 2.05) is 24.3 Å². The minimum absolute atomic E-state index is 0.128. The standard InChI is InChI=1S/C17H24N2O4/c1-23-12-14-7-3-2-6-13(14)10-18-16(20)11-19-9-5-4-8-15(19)17(21)22/h2-3,6-7,15H,4-5,8-12H2,1H3,(H,18,20)(H,21,22). The van der Waals surface area contributed by atoms with Crippen LogP contribution in [0.15, 0.2) is 24.3 Å². The molecule has 0 aromatic heterocycles. The lowest BCUT2D eigenvalue weighted by molar-refractivity contribution is -0.145. The fraction of sp³-hybridized carbons (Fsp3) is 0.529. The van der Waals surface area contributed by atoms with Crippen molar-refractivity contribution >= 4 is 11.9 Å². The molecule has 0 radical (unpaired) electrons. The Hall–Kier alpha value is -1.92. The Kier molecular flexibility index (Phi) is 6.55. The number of nitrogens with zero attached hydrogens (tertiary/aromatic N) is 1. The third-order valence-corrected chi connectivity index (χ3v) is 4.14. The minimum atomic E-state index is -0.844. The number of rotatable bonds is 7. The lowest BCUT2D eigenvalue weighted by Gasteiger charge is -2.32. The number of likely N-dealkylation sites (tertiary alicyclic amines) is 1. The molecule has 1 aromatic carbocycles. The summed E-state index contributed by atoms with van der Waals surface area (Å²) in [5, 5.41) is 12.1. The first-order valence-electron chi connectivity index (χ1n) is 7.91. The fourth-order valence-electron chi connectivity index (χ4n) is 2.92. The number of aliphatic carboxylic acids is 1. The van der Waals surface area contributed by atoms with E-state index >= 15 is 0 Å². The van der Waals surface area contributed by atoms with Crippen molar-refractivity contribution in [2.75, 3.05) is 20.2 Å². The van der Waals surface area contributed by atoms with Gasteiger partial charge in [-0.15, -0.1) is 0 Å². The van der Waals surface area contributed by atoms with Gasteiger partial charge in [-0.2, -0.15) is 0 Å². The number of ether oxygens (including phenoxy) is 1. The van der Waals surface area contributed by atoms with Gasteiger partial charge in [0, 0.05) is 13.7 Å². The third kappa shape index (κ3) is 5.04. The molecule has 23 heavy (non-hydrogen) atoms. The molecule has 0 bridgehead atoms. The summed E-state index contributed by atoms with van der Waals surface area (Å²) in [6.45, 7) is 1.71. The lowest BCUT2D eigenvalue weighted by Crippen LogP contribution is -2.48. The highest BCUT2D eigenvalue weighted by molar-refractivity contribution is 5.80. The van der Waals surface area contributed by atoms with E-state index < -0.39 is 12.0 Å². The molecule has 1 amide bonds. The summed E-state index contributed by atoms with van der Waals surface area (Å²) in [4.78, 5) is 25.2. The molecule has 0 saturated carbocycles. The van der Waals surface area contributed by atoms with Crippen LogP contribution in [0.5, 0.6) is 0 Å². The van der Waals surface area contributed by atoms with Crippen LogP contribution in [0.25, 0.3) is 0 Å². The monoisotopic (exact) mass is 320 g/mol. The molecule has 1 atom stereocenters. The molecule has 1 aliphatic rings. The Bertz CT molecular complexity index is 547. The maximum absolute atomic E-state index is 12.1. The van der Waals surface area contributed by atoms with E-state index in [0.29, 0.717) is 26.1 Å². The van der Waals surface area contributed by atoms with Gasteiger partial charge in [-0.25, -0.2) is 0 Å². The molecule has 0 spiro atoms. The van der Waals surface area contributed by atoms with E-state index in [9.17, 15) is 14.7 Å². The molecule has 6 heteroatoms. The molecule has 1 fully saturated rings. The van der Waals surface area contributed by atoms with Crippen molar-refractivity contribution in [3.8, 4) is 0 Å². The van der Waals surface area contributed by atoms with Gasteiger partial charge in [0.1, 0.15) is 6.04 Å². The molecule has 1 aliphatic heterocycles. The second kappa shape index (κ2) is 8.64. The summed E-state index contributed by atoms with van der Waals surface area (Å²) in [6.07, 6.45) is 2.45. The van der Waals surface area contributed by atoms with Gasteiger partial charge in [-0.05, 0) is 30.5 Å². The fourth-order valence-corrected chi connectivity index (χ4v) is 2.92. The SMILES string of the molecule is COCc1ccccc1CNC(=O)CN1CCCCC1C(=O)O. The zero-order valence-corrected chi connectivity index (χ0v) is 13.5. The Balaban J connectivity index is 1.88. The van der Waals surface area contributed by atoms with E-state index in [0.717, 1.165) is 24.0 Å². The Labute approximate surface area is 136 Å². The Morgan fingerprint density at radius 3 is 2.74 bits per heavy atom. The van der Waals surface area contributed by atoms with E-state index in [4.69, 9.17) is 4.74 Å². The van der Waals surface area contributed by atoms with Crippen molar-refractivity contribution in [1.29, 1.82) is 0 Å². The van der Waals surface area contributed by atoms with Crippen molar-refractivity contribution in [2.45, 2.75) is 38.5 Å². The zero-order valence-electron chi connectivity index (χ0n) is 13.5. The van der Waals surface area contributed by atoms with Crippen LogP contribution in [0.1, 0.15) is 30.4 Å². The molecule has 0 aliphatic carbocycles. The van der Waals surface area contributed by atoms with Crippen LogP contribution >= 0.6 is 0 Å². The van der Waals surface area contributed by atoms with Crippen LogP contribution in [0, 0.1) is 0 Å². The number of hydrogen-bond acceptors (Lipinski definition) is 4. The van der Waals surface area contributed by atoms with Crippen molar-refractivity contribution in [3.05, 3.63) is 35.4 Å². The molecule has 2 rings (SSSR count). The summed E-state index contributed by atoms with van der Waals surface area (Å²) >= 11 is 0. The smallest absolute Gasteiger partial charge is 0.320 e. The quantitative estimate of drug-likeness (QED) is 0.794. The number of carboxylic acid groups (broad SMARTS) is 1. The number of amides is 1. The predicted octanol–water partition coefficient (Wildman–Crippen LogP) is 1.39. The number of nitrogens with one attached hydrogen (secondary N) is 1. The van der Waals surface area contributed by atoms with Gasteiger partial charge in [-0.3, -0.25) is 14.5 Å². The average molecular weight is 320 g/mol. The van der Waals surface area contributed by atoms with Crippen LogP contribution in [0.2, 0.25) is 0 Å². The van der Waals surface area contributed by atoms with Crippen LogP contribution in [0.3, 0.4) is 0 Å². The normalized spacial score (nSPS) is 18.6. The number of carboxylic acids is 1. The molecular formula is C17H24N2O4. The van der Waals surface area contributed by atoms with E-state index in [1.165, 1.54) is 0 Å². The maximum atomic E-state index is 12.1. The van der Waals surface area contributed by atoms with Crippen LogP contribution < -0.4 is 5.32 Å². The Morgan fingerprint density at radius 1 is 1.30 bits per heavy atom. The first-order chi connectivity index (χ1) is 11.1. The van der Waals surface area contributed by atoms with Crippen LogP contribution in [0.4, 0.5) is 0 Å². The first-order valence-corrected chi connectivity index (χ1v) is 7.91. The zero-order chi connectivity index (χ0) is 16.7. The van der Waals surface area contributed by atoms with E-state index in [1.54, 1.807) is 12.0 Å². The van der Waals surface area contributed by atoms with Crippen molar-refractivity contribution in [2.24, 2.45) is 0 Å². The van der Waals surface area contributed by atoms with Crippen LogP contribution in [-0.2, 0) is 27.5 Å². The van der Waals surface area contributed by atoms with Crippen molar-refractivity contribution < 1.29 is 19.4 Å². The summed E-state index contributed by atoms with van der Waals surface area (Å²) in [7, 11) is 1.64. The van der Waals surface area contributed by atoms with E-state index in [-0.39, 0.29) is 12.5 Å². The highest BCUT2D eigenvalue weighted by atomic mass is 16.5. The maximum Gasteiger partial charge on any atom is 0.320 e. The molecule has 1 saturated heterocycles. The van der Waals surface area contributed by atoms with Gasteiger partial charge in [-0.1, -0.05) is 30.7 Å². The lowest BCUT2D eigenvalue weighted by atomic mass is 10.0. The first kappa shape index (κ1) is 17.4. The summed E-state index contributed by atoms with van der Waals surface area (Å²) < 4.78 is 5.15.